The van der Waals surface area contributed by atoms with E-state index in [1.807, 2.05) is 45.9 Å². The number of esters is 1. The number of hydrogen-bond acceptors (Lipinski definition) is 3. The largest absolute Gasteiger partial charge is 0.453 e. The first-order valence-electron chi connectivity index (χ1n) is 6.45. The lowest BCUT2D eigenvalue weighted by Gasteiger charge is -2.27. The van der Waals surface area contributed by atoms with Gasteiger partial charge in [-0.25, -0.2) is 0 Å². The predicted octanol–water partition coefficient (Wildman–Crippen LogP) is 3.94. The average Bonchev–Trinajstić information content (AvgIpc) is 2.47. The third-order valence-corrected chi connectivity index (χ3v) is 3.61. The first kappa shape index (κ1) is 18.8. The molecule has 3 nitrogen and oxygen atoms in total. The van der Waals surface area contributed by atoms with Crippen LogP contribution in [0.3, 0.4) is 0 Å². The Labute approximate surface area is 131 Å². The molecule has 0 aromatic heterocycles. The van der Waals surface area contributed by atoms with Crippen LogP contribution in [-0.4, -0.2) is 17.9 Å². The molecule has 0 aromatic carbocycles. The van der Waals surface area contributed by atoms with E-state index < -0.39 is 17.5 Å². The van der Waals surface area contributed by atoms with E-state index in [0.717, 1.165) is 11.1 Å². The Kier molecular flexibility index (Phi) is 6.62. The molecule has 0 N–H and O–H groups in total. The van der Waals surface area contributed by atoms with Crippen molar-refractivity contribution in [2.45, 2.75) is 47.6 Å². The highest BCUT2D eigenvalue weighted by Gasteiger charge is 2.47. The van der Waals surface area contributed by atoms with Crippen LogP contribution in [0, 0.1) is 5.41 Å². The molecule has 0 aliphatic heterocycles. The summed E-state index contributed by atoms with van der Waals surface area (Å²) in [5.41, 5.74) is 2.25. The molecule has 112 valence electrons. The minimum Gasteiger partial charge on any atom is -0.453 e. The van der Waals surface area contributed by atoms with Gasteiger partial charge < -0.3 is 4.74 Å². The molecule has 0 fully saturated rings. The molecular formula is C16H23BrO3. The molecule has 0 amide bonds. The van der Waals surface area contributed by atoms with Gasteiger partial charge in [-0.3, -0.25) is 9.59 Å². The smallest absolute Gasteiger partial charge is 0.303 e. The van der Waals surface area contributed by atoms with Crippen molar-refractivity contribution in [1.82, 2.24) is 0 Å². The minimum absolute atomic E-state index is 0. The normalized spacial score (nSPS) is 22.2. The molecule has 0 heterocycles. The molecule has 0 aromatic rings. The number of carbonyl (C=O) groups is 2. The van der Waals surface area contributed by atoms with E-state index in [0.29, 0.717) is 5.57 Å². The van der Waals surface area contributed by atoms with E-state index in [1.165, 1.54) is 6.92 Å². The zero-order chi connectivity index (χ0) is 14.8. The summed E-state index contributed by atoms with van der Waals surface area (Å²) in [4.78, 5) is 23.3. The van der Waals surface area contributed by atoms with Gasteiger partial charge in [-0.2, -0.15) is 0 Å². The summed E-state index contributed by atoms with van der Waals surface area (Å²) in [6.07, 6.45) is 5.21. The first-order chi connectivity index (χ1) is 8.71. The molecule has 1 unspecified atom stereocenters. The SMILES string of the molecule is Br.CC=C(C)C=CC1=C(C)C(=O)C(OC(C)=O)C1(C)C. The molecule has 1 atom stereocenters. The van der Waals surface area contributed by atoms with Crippen LogP contribution in [0.4, 0.5) is 0 Å². The molecule has 1 aliphatic rings. The lowest BCUT2D eigenvalue weighted by molar-refractivity contribution is -0.155. The summed E-state index contributed by atoms with van der Waals surface area (Å²) >= 11 is 0. The third kappa shape index (κ3) is 3.69. The minimum atomic E-state index is -0.712. The lowest BCUT2D eigenvalue weighted by Crippen LogP contribution is -2.35. The van der Waals surface area contributed by atoms with Gasteiger partial charge in [0, 0.05) is 12.3 Å². The van der Waals surface area contributed by atoms with Crippen LogP contribution < -0.4 is 0 Å². The Hall–Kier alpha value is -1.16. The highest BCUT2D eigenvalue weighted by molar-refractivity contribution is 8.93. The van der Waals surface area contributed by atoms with Crippen molar-refractivity contribution < 1.29 is 14.3 Å². The summed E-state index contributed by atoms with van der Waals surface area (Å²) in [6.45, 7) is 10.9. The summed E-state index contributed by atoms with van der Waals surface area (Å²) in [5, 5.41) is 0. The molecule has 0 saturated heterocycles. The third-order valence-electron chi connectivity index (χ3n) is 3.61. The van der Waals surface area contributed by atoms with E-state index >= 15 is 0 Å². The van der Waals surface area contributed by atoms with Crippen molar-refractivity contribution in [2.75, 3.05) is 0 Å². The zero-order valence-electron chi connectivity index (χ0n) is 12.9. The van der Waals surface area contributed by atoms with E-state index in [-0.39, 0.29) is 22.8 Å². The number of ketones is 1. The zero-order valence-corrected chi connectivity index (χ0v) is 14.7. The number of halogens is 1. The Bertz CT molecular complexity index is 496. The van der Waals surface area contributed by atoms with Crippen molar-refractivity contribution in [2.24, 2.45) is 5.41 Å². The molecule has 0 radical (unpaired) electrons. The van der Waals surface area contributed by atoms with Crippen LogP contribution in [0.2, 0.25) is 0 Å². The number of carbonyl (C=O) groups excluding carboxylic acids is 2. The maximum Gasteiger partial charge on any atom is 0.303 e. The Morgan fingerprint density at radius 2 is 1.85 bits per heavy atom. The van der Waals surface area contributed by atoms with E-state index in [2.05, 4.69) is 0 Å². The molecule has 4 heteroatoms. The Morgan fingerprint density at radius 3 is 2.30 bits per heavy atom. The van der Waals surface area contributed by atoms with Gasteiger partial charge in [-0.05, 0) is 31.9 Å². The quantitative estimate of drug-likeness (QED) is 0.576. The van der Waals surface area contributed by atoms with Gasteiger partial charge in [-0.15, -0.1) is 17.0 Å². The second-order valence-electron chi connectivity index (χ2n) is 5.48. The van der Waals surface area contributed by atoms with Crippen molar-refractivity contribution in [3.8, 4) is 0 Å². The lowest BCUT2D eigenvalue weighted by atomic mass is 9.82. The number of hydrogen-bond donors (Lipinski definition) is 0. The summed E-state index contributed by atoms with van der Waals surface area (Å²) in [5.74, 6) is -0.521. The molecule has 1 rings (SSSR count). The fourth-order valence-electron chi connectivity index (χ4n) is 2.30. The number of Topliss-reactive ketones (excluding diaryl/α,β-unsaturated/α-hetero) is 1. The number of rotatable bonds is 3. The van der Waals surface area contributed by atoms with Crippen LogP contribution in [0.1, 0.15) is 41.5 Å². The molecular weight excluding hydrogens is 320 g/mol. The Morgan fingerprint density at radius 1 is 1.30 bits per heavy atom. The molecule has 1 aliphatic carbocycles. The highest BCUT2D eigenvalue weighted by Crippen LogP contribution is 2.43. The molecule has 0 spiro atoms. The maximum atomic E-state index is 12.2. The monoisotopic (exact) mass is 342 g/mol. The van der Waals surface area contributed by atoms with Gasteiger partial charge in [0.1, 0.15) is 0 Å². The van der Waals surface area contributed by atoms with Crippen LogP contribution in [0.15, 0.2) is 34.9 Å². The van der Waals surface area contributed by atoms with Crippen LogP contribution >= 0.6 is 17.0 Å². The topological polar surface area (TPSA) is 43.4 Å². The van der Waals surface area contributed by atoms with Gasteiger partial charge in [0.2, 0.25) is 0 Å². The van der Waals surface area contributed by atoms with Gasteiger partial charge in [0.15, 0.2) is 11.9 Å². The van der Waals surface area contributed by atoms with Crippen molar-refractivity contribution in [3.05, 3.63) is 34.9 Å². The average molecular weight is 343 g/mol. The number of ether oxygens (including phenoxy) is 1. The Balaban J connectivity index is 0.00000361. The summed E-state index contributed by atoms with van der Waals surface area (Å²) in [7, 11) is 0. The number of allylic oxidation sites excluding steroid dienone is 4. The van der Waals surface area contributed by atoms with E-state index in [4.69, 9.17) is 4.74 Å². The van der Waals surface area contributed by atoms with Gasteiger partial charge in [0.05, 0.1) is 0 Å². The van der Waals surface area contributed by atoms with Crippen molar-refractivity contribution >= 4 is 28.7 Å². The van der Waals surface area contributed by atoms with Crippen LogP contribution in [-0.2, 0) is 14.3 Å². The van der Waals surface area contributed by atoms with Crippen LogP contribution in [0.25, 0.3) is 0 Å². The fourth-order valence-corrected chi connectivity index (χ4v) is 2.30. The van der Waals surface area contributed by atoms with Crippen LogP contribution in [0.5, 0.6) is 0 Å². The first-order valence-corrected chi connectivity index (χ1v) is 6.45. The molecule has 0 bridgehead atoms. The predicted molar refractivity (Wildman–Crippen MR) is 85.9 cm³/mol. The van der Waals surface area contributed by atoms with Crippen molar-refractivity contribution in [1.29, 1.82) is 0 Å². The fraction of sp³-hybridized carbons (Fsp3) is 0.500. The van der Waals surface area contributed by atoms with Gasteiger partial charge in [0.25, 0.3) is 0 Å². The summed E-state index contributed by atoms with van der Waals surface area (Å²) in [6, 6.07) is 0. The van der Waals surface area contributed by atoms with Gasteiger partial charge in [-0.1, -0.05) is 37.6 Å². The van der Waals surface area contributed by atoms with E-state index in [9.17, 15) is 9.59 Å². The van der Waals surface area contributed by atoms with Crippen molar-refractivity contribution in [3.63, 3.8) is 0 Å². The second kappa shape index (κ2) is 7.02. The van der Waals surface area contributed by atoms with Gasteiger partial charge >= 0.3 is 5.97 Å². The van der Waals surface area contributed by atoms with E-state index in [1.54, 1.807) is 6.92 Å². The maximum absolute atomic E-state index is 12.2. The standard InChI is InChI=1S/C16H22O3.BrH/c1-7-10(2)8-9-13-11(3)14(18)15(16(13,5)6)19-12(4)17;/h7-9,15H,1-6H3;1H. The molecule has 20 heavy (non-hydrogen) atoms. The molecule has 0 saturated carbocycles. The second-order valence-corrected chi connectivity index (χ2v) is 5.48. The highest BCUT2D eigenvalue weighted by atomic mass is 79.9. The summed E-state index contributed by atoms with van der Waals surface area (Å²) < 4.78 is 5.19.